The van der Waals surface area contributed by atoms with Gasteiger partial charge in [0.15, 0.2) is 5.82 Å². The Kier molecular flexibility index (Phi) is 6.37. The lowest BCUT2D eigenvalue weighted by molar-refractivity contribution is -0.119. The Balaban J connectivity index is 1.77. The number of nitrogen functional groups attached to an aromatic ring is 1. The highest BCUT2D eigenvalue weighted by Gasteiger charge is 2.31. The Morgan fingerprint density at radius 3 is 2.82 bits per heavy atom. The Morgan fingerprint density at radius 1 is 1.39 bits per heavy atom. The van der Waals surface area contributed by atoms with Crippen LogP contribution >= 0.6 is 11.6 Å². The highest BCUT2D eigenvalue weighted by Crippen LogP contribution is 2.43. The number of halogens is 1. The van der Waals surface area contributed by atoms with E-state index in [4.69, 9.17) is 26.6 Å². The standard InChI is InChI=1S/C22H26ClN7O3/c1-5-32-19-14(7-15(23)10(2)17(19)13-6-16(31)25-8-13)11(3)28-21-18(20(24)26-9-27-21)22-29-12(4)30-33-22/h7,9,11,13H,5-6,8H2,1-4H3,(H,25,31)(H3,24,26,27,28)/t11-,13?/m1/s1. The van der Waals surface area contributed by atoms with E-state index in [-0.39, 0.29) is 29.6 Å². The van der Waals surface area contributed by atoms with E-state index in [0.717, 1.165) is 22.4 Å². The average Bonchev–Trinajstić information content (AvgIpc) is 3.39. The van der Waals surface area contributed by atoms with Crippen LogP contribution in [0.3, 0.4) is 0 Å². The van der Waals surface area contributed by atoms with Gasteiger partial charge in [-0.05, 0) is 39.3 Å². The number of ether oxygens (including phenoxy) is 1. The van der Waals surface area contributed by atoms with Crippen molar-refractivity contribution in [3.8, 4) is 17.2 Å². The van der Waals surface area contributed by atoms with Crippen molar-refractivity contribution in [1.82, 2.24) is 25.4 Å². The van der Waals surface area contributed by atoms with Crippen molar-refractivity contribution in [2.75, 3.05) is 24.2 Å². The molecule has 1 aromatic carbocycles. The number of aromatic nitrogens is 4. The number of benzene rings is 1. The molecule has 0 aliphatic carbocycles. The molecule has 0 radical (unpaired) electrons. The van der Waals surface area contributed by atoms with Gasteiger partial charge in [-0.2, -0.15) is 4.98 Å². The first-order chi connectivity index (χ1) is 15.8. The van der Waals surface area contributed by atoms with Crippen molar-refractivity contribution < 1.29 is 14.1 Å². The molecule has 3 heterocycles. The van der Waals surface area contributed by atoms with E-state index in [9.17, 15) is 4.79 Å². The van der Waals surface area contributed by atoms with Crippen molar-refractivity contribution in [3.05, 3.63) is 39.9 Å². The average molecular weight is 472 g/mol. The quantitative estimate of drug-likeness (QED) is 0.471. The van der Waals surface area contributed by atoms with Crippen molar-refractivity contribution in [2.45, 2.75) is 46.1 Å². The highest BCUT2D eigenvalue weighted by atomic mass is 35.5. The maximum Gasteiger partial charge on any atom is 0.265 e. The molecule has 10 nitrogen and oxygen atoms in total. The van der Waals surface area contributed by atoms with Gasteiger partial charge >= 0.3 is 0 Å². The van der Waals surface area contributed by atoms with Crippen LogP contribution in [0.4, 0.5) is 11.6 Å². The van der Waals surface area contributed by atoms with Gasteiger partial charge in [-0.3, -0.25) is 4.79 Å². The number of aryl methyl sites for hydroxylation is 1. The normalized spacial score (nSPS) is 16.5. The minimum absolute atomic E-state index is 0.0182. The third kappa shape index (κ3) is 4.43. The lowest BCUT2D eigenvalue weighted by Gasteiger charge is -2.25. The second-order valence-electron chi connectivity index (χ2n) is 7.95. The number of carbonyl (C=O) groups excluding carboxylic acids is 1. The van der Waals surface area contributed by atoms with Crippen molar-refractivity contribution >= 4 is 29.1 Å². The Bertz CT molecular complexity index is 1200. The number of rotatable bonds is 7. The second kappa shape index (κ2) is 9.22. The van der Waals surface area contributed by atoms with Crippen LogP contribution in [0.1, 0.15) is 54.7 Å². The fraction of sp³-hybridized carbons (Fsp3) is 0.409. The summed E-state index contributed by atoms with van der Waals surface area (Å²) in [5, 5.41) is 10.7. The topological polar surface area (TPSA) is 141 Å². The number of nitrogens with zero attached hydrogens (tertiary/aromatic N) is 4. The molecule has 1 unspecified atom stereocenters. The van der Waals surface area contributed by atoms with Crippen LogP contribution in [0.15, 0.2) is 16.9 Å². The first kappa shape index (κ1) is 22.8. The van der Waals surface area contributed by atoms with Crippen molar-refractivity contribution in [2.24, 2.45) is 0 Å². The van der Waals surface area contributed by atoms with Gasteiger partial charge in [0.1, 0.15) is 29.3 Å². The maximum absolute atomic E-state index is 11.9. The number of hydrogen-bond acceptors (Lipinski definition) is 9. The SMILES string of the molecule is CCOc1c([C@@H](C)Nc2ncnc(N)c2-c2nc(C)no2)cc(Cl)c(C)c1C1CNC(=O)C1. The molecular weight excluding hydrogens is 446 g/mol. The molecule has 174 valence electrons. The minimum Gasteiger partial charge on any atom is -0.493 e. The molecule has 4 N–H and O–H groups in total. The zero-order valence-electron chi connectivity index (χ0n) is 18.9. The number of anilines is 2. The van der Waals surface area contributed by atoms with Gasteiger partial charge in [0.05, 0.1) is 12.6 Å². The molecule has 2 aromatic heterocycles. The molecular formula is C22H26ClN7O3. The van der Waals surface area contributed by atoms with Gasteiger partial charge in [-0.25, -0.2) is 9.97 Å². The summed E-state index contributed by atoms with van der Waals surface area (Å²) >= 11 is 6.64. The Morgan fingerprint density at radius 2 is 2.18 bits per heavy atom. The number of hydrogen-bond donors (Lipinski definition) is 3. The third-order valence-corrected chi connectivity index (χ3v) is 6.06. The summed E-state index contributed by atoms with van der Waals surface area (Å²) in [6, 6.07) is 1.60. The van der Waals surface area contributed by atoms with Crippen LogP contribution in [-0.2, 0) is 4.79 Å². The molecule has 1 aliphatic rings. The molecule has 1 amide bonds. The molecule has 1 fully saturated rings. The first-order valence-corrected chi connectivity index (χ1v) is 11.1. The molecule has 3 aromatic rings. The van der Waals surface area contributed by atoms with Crippen molar-refractivity contribution in [1.29, 1.82) is 0 Å². The Labute approximate surface area is 196 Å². The van der Waals surface area contributed by atoms with Crippen molar-refractivity contribution in [3.63, 3.8) is 0 Å². The fourth-order valence-electron chi connectivity index (χ4n) is 4.09. The smallest absolute Gasteiger partial charge is 0.265 e. The summed E-state index contributed by atoms with van der Waals surface area (Å²) in [5.74, 6) is 2.08. The summed E-state index contributed by atoms with van der Waals surface area (Å²) in [6.07, 6.45) is 1.76. The number of nitrogens with two attached hydrogens (primary N) is 1. The Hall–Kier alpha value is -3.40. The van der Waals surface area contributed by atoms with Gasteiger partial charge in [-0.1, -0.05) is 16.8 Å². The summed E-state index contributed by atoms with van der Waals surface area (Å²) < 4.78 is 11.4. The lowest BCUT2D eigenvalue weighted by Crippen LogP contribution is -2.16. The maximum atomic E-state index is 11.9. The summed E-state index contributed by atoms with van der Waals surface area (Å²) in [5.41, 5.74) is 9.23. The molecule has 0 spiro atoms. The van der Waals surface area contributed by atoms with Crippen LogP contribution in [0.2, 0.25) is 5.02 Å². The highest BCUT2D eigenvalue weighted by molar-refractivity contribution is 6.31. The second-order valence-corrected chi connectivity index (χ2v) is 8.36. The first-order valence-electron chi connectivity index (χ1n) is 10.7. The summed E-state index contributed by atoms with van der Waals surface area (Å²) in [4.78, 5) is 24.6. The molecule has 2 atom stereocenters. The van der Waals surface area contributed by atoms with Crippen LogP contribution < -0.4 is 21.1 Å². The number of nitrogens with one attached hydrogen (secondary N) is 2. The van der Waals surface area contributed by atoms with E-state index in [1.165, 1.54) is 6.33 Å². The van der Waals surface area contributed by atoms with Gasteiger partial charge in [0, 0.05) is 35.0 Å². The van der Waals surface area contributed by atoms with Gasteiger partial charge in [0.25, 0.3) is 5.89 Å². The predicted molar refractivity (Wildman–Crippen MR) is 124 cm³/mol. The van der Waals surface area contributed by atoms with E-state index in [2.05, 4.69) is 30.7 Å². The lowest BCUT2D eigenvalue weighted by atomic mass is 9.89. The minimum atomic E-state index is -0.287. The molecule has 11 heteroatoms. The van der Waals surface area contributed by atoms with Gasteiger partial charge in [0.2, 0.25) is 5.91 Å². The largest absolute Gasteiger partial charge is 0.493 e. The van der Waals surface area contributed by atoms with E-state index in [0.29, 0.717) is 41.8 Å². The summed E-state index contributed by atoms with van der Waals surface area (Å²) in [7, 11) is 0. The number of amides is 1. The van der Waals surface area contributed by atoms with E-state index in [1.807, 2.05) is 26.8 Å². The van der Waals surface area contributed by atoms with E-state index < -0.39 is 0 Å². The molecule has 0 bridgehead atoms. The van der Waals surface area contributed by atoms with Gasteiger partial charge in [-0.15, -0.1) is 0 Å². The zero-order chi connectivity index (χ0) is 23.7. The van der Waals surface area contributed by atoms with Crippen LogP contribution in [0.25, 0.3) is 11.5 Å². The molecule has 33 heavy (non-hydrogen) atoms. The van der Waals surface area contributed by atoms with Crippen LogP contribution in [0, 0.1) is 13.8 Å². The molecule has 1 aliphatic heterocycles. The van der Waals surface area contributed by atoms with Crippen LogP contribution in [-0.4, -0.2) is 39.2 Å². The zero-order valence-corrected chi connectivity index (χ0v) is 19.7. The van der Waals surface area contributed by atoms with E-state index >= 15 is 0 Å². The number of carbonyl (C=O) groups is 1. The third-order valence-electron chi connectivity index (χ3n) is 5.66. The van der Waals surface area contributed by atoms with E-state index in [1.54, 1.807) is 6.92 Å². The van der Waals surface area contributed by atoms with Crippen LogP contribution in [0.5, 0.6) is 5.75 Å². The fourth-order valence-corrected chi connectivity index (χ4v) is 4.31. The molecule has 0 saturated carbocycles. The van der Waals surface area contributed by atoms with Gasteiger partial charge < -0.3 is 25.6 Å². The predicted octanol–water partition coefficient (Wildman–Crippen LogP) is 3.55. The summed E-state index contributed by atoms with van der Waals surface area (Å²) in [6.45, 7) is 8.57. The molecule has 1 saturated heterocycles. The molecule has 4 rings (SSSR count). The monoisotopic (exact) mass is 471 g/mol.